The molecule has 1 aromatic rings. The van der Waals surface area contributed by atoms with Crippen LogP contribution in [-0.2, 0) is 6.42 Å². The number of nitrogens with zero attached hydrogens (tertiary/aromatic N) is 1. The van der Waals surface area contributed by atoms with Gasteiger partial charge in [0.1, 0.15) is 5.82 Å². The first kappa shape index (κ1) is 7.65. The van der Waals surface area contributed by atoms with Crippen LogP contribution < -0.4 is 5.32 Å². The Kier molecular flexibility index (Phi) is 1.79. The number of fused-ring (bicyclic) bond motifs is 1. The van der Waals surface area contributed by atoms with Crippen LogP contribution in [-0.4, -0.2) is 16.0 Å². The van der Waals surface area contributed by atoms with Crippen molar-refractivity contribution in [2.75, 3.05) is 5.32 Å². The van der Waals surface area contributed by atoms with E-state index in [0.717, 1.165) is 12.2 Å². The monoisotopic (exact) mass is 165 g/mol. The van der Waals surface area contributed by atoms with Crippen LogP contribution in [0, 0.1) is 5.92 Å². The second-order valence-corrected chi connectivity index (χ2v) is 3.76. The molecule has 0 bridgehead atoms. The van der Waals surface area contributed by atoms with Crippen molar-refractivity contribution >= 4 is 5.82 Å². The Labute approximate surface area is 72.6 Å². The Morgan fingerprint density at radius 3 is 3.17 bits per heavy atom. The summed E-state index contributed by atoms with van der Waals surface area (Å²) in [6.45, 7) is 4.50. The van der Waals surface area contributed by atoms with E-state index in [1.165, 1.54) is 12.1 Å². The van der Waals surface area contributed by atoms with Gasteiger partial charge in [0.2, 0.25) is 0 Å². The van der Waals surface area contributed by atoms with Gasteiger partial charge in [-0.1, -0.05) is 13.8 Å². The number of hydrogen-bond acceptors (Lipinski definition) is 2. The lowest BCUT2D eigenvalue weighted by molar-refractivity contribution is 0.479. The zero-order valence-electron chi connectivity index (χ0n) is 7.59. The SMILES string of the molecule is CC(C)C1CCc2nc[nH]c2N1. The normalized spacial score (nSPS) is 22.1. The van der Waals surface area contributed by atoms with E-state index in [0.29, 0.717) is 12.0 Å². The standard InChI is InChI=1S/C9H15N3/c1-6(2)7-3-4-8-9(12-7)11-5-10-8/h5-7,12H,3-4H2,1-2H3,(H,10,11). The largest absolute Gasteiger partial charge is 0.367 e. The molecule has 1 unspecified atom stereocenters. The van der Waals surface area contributed by atoms with Crippen LogP contribution in [0.15, 0.2) is 6.33 Å². The predicted octanol–water partition coefficient (Wildman–Crippen LogP) is 1.79. The minimum atomic E-state index is 0.609. The second-order valence-electron chi connectivity index (χ2n) is 3.76. The van der Waals surface area contributed by atoms with Gasteiger partial charge in [-0.3, -0.25) is 0 Å². The van der Waals surface area contributed by atoms with E-state index in [9.17, 15) is 0 Å². The van der Waals surface area contributed by atoms with E-state index in [4.69, 9.17) is 0 Å². The molecule has 3 heteroatoms. The average Bonchev–Trinajstić information content (AvgIpc) is 2.49. The van der Waals surface area contributed by atoms with Gasteiger partial charge in [0, 0.05) is 6.04 Å². The van der Waals surface area contributed by atoms with Gasteiger partial charge >= 0.3 is 0 Å². The summed E-state index contributed by atoms with van der Waals surface area (Å²) in [5.74, 6) is 1.82. The number of hydrogen-bond donors (Lipinski definition) is 2. The Morgan fingerprint density at radius 2 is 2.42 bits per heavy atom. The number of imidazole rings is 1. The van der Waals surface area contributed by atoms with Crippen molar-refractivity contribution < 1.29 is 0 Å². The highest BCUT2D eigenvalue weighted by atomic mass is 15.1. The smallest absolute Gasteiger partial charge is 0.126 e. The molecule has 3 nitrogen and oxygen atoms in total. The molecular weight excluding hydrogens is 150 g/mol. The molecule has 1 atom stereocenters. The summed E-state index contributed by atoms with van der Waals surface area (Å²) < 4.78 is 0. The van der Waals surface area contributed by atoms with Gasteiger partial charge in [-0.2, -0.15) is 0 Å². The van der Waals surface area contributed by atoms with Crippen molar-refractivity contribution in [3.63, 3.8) is 0 Å². The molecule has 2 heterocycles. The first-order valence-corrected chi connectivity index (χ1v) is 4.56. The van der Waals surface area contributed by atoms with Gasteiger partial charge in [-0.05, 0) is 18.8 Å². The highest BCUT2D eigenvalue weighted by Gasteiger charge is 2.21. The molecule has 0 radical (unpaired) electrons. The molecule has 0 aromatic carbocycles. The summed E-state index contributed by atoms with van der Waals surface area (Å²) in [7, 11) is 0. The van der Waals surface area contributed by atoms with Gasteiger partial charge in [-0.15, -0.1) is 0 Å². The molecule has 1 aromatic heterocycles. The van der Waals surface area contributed by atoms with E-state index in [2.05, 4.69) is 29.1 Å². The Hall–Kier alpha value is -0.990. The van der Waals surface area contributed by atoms with E-state index < -0.39 is 0 Å². The zero-order chi connectivity index (χ0) is 8.55. The molecule has 0 spiro atoms. The lowest BCUT2D eigenvalue weighted by Gasteiger charge is -2.26. The number of H-pyrrole nitrogens is 1. The molecule has 1 aliphatic rings. The third-order valence-corrected chi connectivity index (χ3v) is 2.54. The second kappa shape index (κ2) is 2.81. The van der Waals surface area contributed by atoms with Crippen LogP contribution >= 0.6 is 0 Å². The third-order valence-electron chi connectivity index (χ3n) is 2.54. The minimum absolute atomic E-state index is 0.609. The van der Waals surface area contributed by atoms with E-state index >= 15 is 0 Å². The zero-order valence-corrected chi connectivity index (χ0v) is 7.59. The highest BCUT2D eigenvalue weighted by molar-refractivity contribution is 5.43. The molecule has 0 amide bonds. The van der Waals surface area contributed by atoms with Crippen molar-refractivity contribution in [1.82, 2.24) is 9.97 Å². The van der Waals surface area contributed by atoms with Gasteiger partial charge in [0.25, 0.3) is 0 Å². The summed E-state index contributed by atoms with van der Waals surface area (Å²) in [5, 5.41) is 3.46. The van der Waals surface area contributed by atoms with Gasteiger partial charge < -0.3 is 10.3 Å². The molecule has 0 aliphatic carbocycles. The number of aryl methyl sites for hydroxylation is 1. The van der Waals surface area contributed by atoms with E-state index in [-0.39, 0.29) is 0 Å². The molecule has 1 aliphatic heterocycles. The molecule has 0 saturated heterocycles. The number of aromatic amines is 1. The summed E-state index contributed by atoms with van der Waals surface area (Å²) >= 11 is 0. The first-order valence-electron chi connectivity index (χ1n) is 4.56. The molecule has 66 valence electrons. The fourth-order valence-corrected chi connectivity index (χ4v) is 1.69. The van der Waals surface area contributed by atoms with Crippen LogP contribution in [0.1, 0.15) is 26.0 Å². The summed E-state index contributed by atoms with van der Waals surface area (Å²) in [4.78, 5) is 7.35. The van der Waals surface area contributed by atoms with E-state index in [1.807, 2.05) is 0 Å². The Morgan fingerprint density at radius 1 is 1.58 bits per heavy atom. The Balaban J connectivity index is 2.15. The van der Waals surface area contributed by atoms with E-state index in [1.54, 1.807) is 6.33 Å². The van der Waals surface area contributed by atoms with Crippen LogP contribution in [0.25, 0.3) is 0 Å². The minimum Gasteiger partial charge on any atom is -0.367 e. The average molecular weight is 165 g/mol. The number of rotatable bonds is 1. The number of aromatic nitrogens is 2. The van der Waals surface area contributed by atoms with Crippen LogP contribution in [0.5, 0.6) is 0 Å². The quantitative estimate of drug-likeness (QED) is 0.666. The fourth-order valence-electron chi connectivity index (χ4n) is 1.69. The topological polar surface area (TPSA) is 40.7 Å². The van der Waals surface area contributed by atoms with Gasteiger partial charge in [0.15, 0.2) is 0 Å². The van der Waals surface area contributed by atoms with Crippen molar-refractivity contribution in [3.05, 3.63) is 12.0 Å². The molecule has 0 saturated carbocycles. The van der Waals surface area contributed by atoms with Crippen molar-refractivity contribution in [1.29, 1.82) is 0 Å². The molecule has 0 fully saturated rings. The molecule has 12 heavy (non-hydrogen) atoms. The fraction of sp³-hybridized carbons (Fsp3) is 0.667. The summed E-state index contributed by atoms with van der Waals surface area (Å²) in [5.41, 5.74) is 1.19. The van der Waals surface area contributed by atoms with Crippen molar-refractivity contribution in [2.24, 2.45) is 5.92 Å². The third kappa shape index (κ3) is 1.19. The maximum absolute atomic E-state index is 4.23. The Bertz CT molecular complexity index is 264. The lowest BCUT2D eigenvalue weighted by atomic mass is 9.95. The lowest BCUT2D eigenvalue weighted by Crippen LogP contribution is -2.30. The molecule has 2 rings (SSSR count). The molecule has 2 N–H and O–H groups in total. The number of anilines is 1. The van der Waals surface area contributed by atoms with Crippen LogP contribution in [0.3, 0.4) is 0 Å². The van der Waals surface area contributed by atoms with Gasteiger partial charge in [-0.25, -0.2) is 4.98 Å². The van der Waals surface area contributed by atoms with Crippen LogP contribution in [0.2, 0.25) is 0 Å². The van der Waals surface area contributed by atoms with Crippen LogP contribution in [0.4, 0.5) is 5.82 Å². The van der Waals surface area contributed by atoms with Crippen molar-refractivity contribution in [3.8, 4) is 0 Å². The van der Waals surface area contributed by atoms with Crippen molar-refractivity contribution in [2.45, 2.75) is 32.7 Å². The predicted molar refractivity (Wildman–Crippen MR) is 49.2 cm³/mol. The summed E-state index contributed by atoms with van der Waals surface area (Å²) in [6.07, 6.45) is 4.07. The highest BCUT2D eigenvalue weighted by Crippen LogP contribution is 2.23. The molecular formula is C9H15N3. The van der Waals surface area contributed by atoms with Gasteiger partial charge in [0.05, 0.1) is 12.0 Å². The maximum atomic E-state index is 4.23. The summed E-state index contributed by atoms with van der Waals surface area (Å²) in [6, 6.07) is 0.609. The maximum Gasteiger partial charge on any atom is 0.126 e. The number of nitrogens with one attached hydrogen (secondary N) is 2. The first-order chi connectivity index (χ1) is 5.77.